The number of carbonyl (C=O) groups excluding carboxylic acids is 1. The van der Waals surface area contributed by atoms with Gasteiger partial charge < -0.3 is 0 Å². The Labute approximate surface area is 171 Å². The molecule has 4 rings (SSSR count). The van der Waals surface area contributed by atoms with Crippen LogP contribution >= 0.6 is 11.7 Å². The first-order valence-electron chi connectivity index (χ1n) is 8.83. The lowest BCUT2D eigenvalue weighted by molar-refractivity contribution is -0.119. The van der Waals surface area contributed by atoms with Gasteiger partial charge in [0, 0.05) is 0 Å². The topological polar surface area (TPSA) is 119 Å². The van der Waals surface area contributed by atoms with E-state index in [0.29, 0.717) is 11.0 Å². The van der Waals surface area contributed by atoms with E-state index in [4.69, 9.17) is 0 Å². The lowest BCUT2D eigenvalue weighted by atomic mass is 10.1. The molecule has 0 spiro atoms. The van der Waals surface area contributed by atoms with Crippen molar-refractivity contribution in [2.45, 2.75) is 24.8 Å². The normalized spacial score (nSPS) is 13.2. The quantitative estimate of drug-likeness (QED) is 0.484. The van der Waals surface area contributed by atoms with Crippen LogP contribution in [0.15, 0.2) is 53.7 Å². The highest BCUT2D eigenvalue weighted by atomic mass is 32.2. The average molecular weight is 431 g/mol. The van der Waals surface area contributed by atoms with E-state index in [-0.39, 0.29) is 16.3 Å². The Balaban J connectivity index is 1.62. The number of para-hydroxylation sites is 2. The first-order valence-corrected chi connectivity index (χ1v) is 11.0. The number of hydrogen-bond donors (Lipinski definition) is 2. The molecule has 2 aromatic heterocycles. The van der Waals surface area contributed by atoms with Crippen LogP contribution in [0.2, 0.25) is 0 Å². The van der Waals surface area contributed by atoms with Gasteiger partial charge in [-0.15, -0.1) is 0 Å². The second-order valence-electron chi connectivity index (χ2n) is 6.81. The van der Waals surface area contributed by atoms with Crippen LogP contribution < -0.4 is 10.1 Å². The third-order valence-corrected chi connectivity index (χ3v) is 6.47. The van der Waals surface area contributed by atoms with Crippen LogP contribution in [0, 0.1) is 5.92 Å². The molecule has 1 atom stereocenters. The molecular weight excluding hydrogens is 412 g/mol. The number of aromatic nitrogens is 4. The summed E-state index contributed by atoms with van der Waals surface area (Å²) in [5.74, 6) is -0.789. The van der Waals surface area contributed by atoms with Crippen LogP contribution in [0.25, 0.3) is 22.1 Å². The number of amides is 1. The molecule has 0 radical (unpaired) electrons. The highest BCUT2D eigenvalue weighted by molar-refractivity contribution is 7.89. The van der Waals surface area contributed by atoms with Gasteiger partial charge >= 0.3 is 0 Å². The van der Waals surface area contributed by atoms with Gasteiger partial charge in [0.2, 0.25) is 10.0 Å². The minimum Gasteiger partial charge on any atom is -0.271 e. The van der Waals surface area contributed by atoms with Gasteiger partial charge in [0.15, 0.2) is 0 Å². The lowest BCUT2D eigenvalue weighted by Crippen LogP contribution is -2.48. The van der Waals surface area contributed by atoms with E-state index in [1.165, 1.54) is 17.1 Å². The number of rotatable bonds is 6. The number of carbonyl (C=O) groups is 1. The van der Waals surface area contributed by atoms with E-state index in [9.17, 15) is 13.2 Å². The van der Waals surface area contributed by atoms with E-state index in [1.54, 1.807) is 26.0 Å². The smallest absolute Gasteiger partial charge is 0.257 e. The van der Waals surface area contributed by atoms with Crippen LogP contribution in [0.5, 0.6) is 0 Å². The summed E-state index contributed by atoms with van der Waals surface area (Å²) in [5, 5.41) is 0. The maximum absolute atomic E-state index is 13.0. The summed E-state index contributed by atoms with van der Waals surface area (Å²) in [7, 11) is -4.00. The zero-order valence-corrected chi connectivity index (χ0v) is 17.2. The minimum atomic E-state index is -4.00. The molecule has 0 saturated heterocycles. The molecule has 1 amide bonds. The molecular formula is C18H18N6O3S2. The third kappa shape index (κ3) is 3.71. The van der Waals surface area contributed by atoms with Gasteiger partial charge in [0.1, 0.15) is 28.3 Å². The monoisotopic (exact) mass is 430 g/mol. The lowest BCUT2D eigenvalue weighted by Gasteiger charge is -2.22. The third-order valence-electron chi connectivity index (χ3n) is 4.45. The van der Waals surface area contributed by atoms with Crippen molar-refractivity contribution in [2.24, 2.45) is 5.92 Å². The standard InChI is InChI=1S/C18H18N6O3S2/c1-11(2)16(18(25)20-24-10-19-12-6-3-4-8-14(12)24)23-29(26,27)15-9-5-7-13-17(15)22-28-21-13/h3-11,16,23H,1-2H3,(H,20,25). The summed E-state index contributed by atoms with van der Waals surface area (Å²) in [6, 6.07) is 11.1. The van der Waals surface area contributed by atoms with E-state index in [1.807, 2.05) is 24.3 Å². The zero-order valence-electron chi connectivity index (χ0n) is 15.6. The molecule has 29 heavy (non-hydrogen) atoms. The van der Waals surface area contributed by atoms with Crippen molar-refractivity contribution in [2.75, 3.05) is 5.43 Å². The van der Waals surface area contributed by atoms with Crippen molar-refractivity contribution < 1.29 is 13.2 Å². The molecule has 150 valence electrons. The number of sulfonamides is 1. The molecule has 2 aromatic carbocycles. The molecule has 0 fully saturated rings. The van der Waals surface area contributed by atoms with E-state index in [2.05, 4.69) is 23.9 Å². The molecule has 0 aliphatic rings. The number of nitrogens with one attached hydrogen (secondary N) is 2. The fourth-order valence-electron chi connectivity index (χ4n) is 2.96. The number of benzene rings is 2. The van der Waals surface area contributed by atoms with Gasteiger partial charge in [-0.1, -0.05) is 32.0 Å². The Morgan fingerprint density at radius 2 is 1.83 bits per heavy atom. The van der Waals surface area contributed by atoms with Gasteiger partial charge in [-0.2, -0.15) is 13.5 Å². The van der Waals surface area contributed by atoms with Gasteiger partial charge in [0.05, 0.1) is 22.8 Å². The summed E-state index contributed by atoms with van der Waals surface area (Å²) < 4.78 is 38.1. The van der Waals surface area contributed by atoms with Crippen molar-refractivity contribution in [3.63, 3.8) is 0 Å². The van der Waals surface area contributed by atoms with Crippen LogP contribution in [0.4, 0.5) is 0 Å². The minimum absolute atomic E-state index is 0.00437. The van der Waals surface area contributed by atoms with Crippen molar-refractivity contribution in [1.82, 2.24) is 23.1 Å². The van der Waals surface area contributed by atoms with Gasteiger partial charge in [-0.05, 0) is 30.2 Å². The first kappa shape index (κ1) is 19.4. The highest BCUT2D eigenvalue weighted by Crippen LogP contribution is 2.22. The van der Waals surface area contributed by atoms with E-state index >= 15 is 0 Å². The summed E-state index contributed by atoms with van der Waals surface area (Å²) in [6.07, 6.45) is 1.48. The summed E-state index contributed by atoms with van der Waals surface area (Å²) in [4.78, 5) is 17.1. The Bertz CT molecular complexity index is 1300. The second kappa shape index (κ2) is 7.50. The van der Waals surface area contributed by atoms with E-state index < -0.39 is 22.0 Å². The van der Waals surface area contributed by atoms with Gasteiger partial charge in [-0.25, -0.2) is 18.1 Å². The number of fused-ring (bicyclic) bond motifs is 2. The fraction of sp³-hybridized carbons (Fsp3) is 0.222. The summed E-state index contributed by atoms with van der Waals surface area (Å²) in [5.41, 5.74) is 4.93. The Morgan fingerprint density at radius 3 is 2.62 bits per heavy atom. The van der Waals surface area contributed by atoms with Crippen molar-refractivity contribution >= 4 is 49.7 Å². The maximum Gasteiger partial charge on any atom is 0.257 e. The second-order valence-corrected chi connectivity index (χ2v) is 9.02. The predicted molar refractivity (Wildman–Crippen MR) is 110 cm³/mol. The molecule has 11 heteroatoms. The maximum atomic E-state index is 13.0. The zero-order chi connectivity index (χ0) is 20.6. The summed E-state index contributed by atoms with van der Waals surface area (Å²) in [6.45, 7) is 3.54. The molecule has 2 heterocycles. The molecule has 4 aromatic rings. The Kier molecular flexibility index (Phi) is 5.03. The predicted octanol–water partition coefficient (Wildman–Crippen LogP) is 2.11. The van der Waals surface area contributed by atoms with Crippen LogP contribution in [-0.2, 0) is 14.8 Å². The summed E-state index contributed by atoms with van der Waals surface area (Å²) >= 11 is 0.937. The van der Waals surface area contributed by atoms with Gasteiger partial charge in [0.25, 0.3) is 5.91 Å². The van der Waals surface area contributed by atoms with Crippen LogP contribution in [-0.4, -0.2) is 38.8 Å². The van der Waals surface area contributed by atoms with Crippen molar-refractivity contribution in [3.8, 4) is 0 Å². The molecule has 0 aliphatic heterocycles. The molecule has 1 unspecified atom stereocenters. The SMILES string of the molecule is CC(C)C(NS(=O)(=O)c1cccc2nsnc12)C(=O)Nn1cnc2ccccc21. The first-order chi connectivity index (χ1) is 13.9. The molecule has 0 aliphatic carbocycles. The van der Waals surface area contributed by atoms with Crippen molar-refractivity contribution in [3.05, 3.63) is 48.8 Å². The fourth-order valence-corrected chi connectivity index (χ4v) is 5.07. The molecule has 0 bridgehead atoms. The van der Waals surface area contributed by atoms with Crippen molar-refractivity contribution in [1.29, 1.82) is 0 Å². The average Bonchev–Trinajstić information content (AvgIpc) is 3.33. The molecule has 0 saturated carbocycles. The highest BCUT2D eigenvalue weighted by Gasteiger charge is 2.30. The Morgan fingerprint density at radius 1 is 1.07 bits per heavy atom. The van der Waals surface area contributed by atoms with Crippen LogP contribution in [0.3, 0.4) is 0 Å². The number of hydrogen-bond acceptors (Lipinski definition) is 7. The molecule has 2 N–H and O–H groups in total. The van der Waals surface area contributed by atoms with Gasteiger partial charge in [-0.3, -0.25) is 10.2 Å². The van der Waals surface area contributed by atoms with Crippen LogP contribution in [0.1, 0.15) is 13.8 Å². The molecule has 9 nitrogen and oxygen atoms in total. The number of imidazole rings is 1. The number of nitrogens with zero attached hydrogens (tertiary/aromatic N) is 4. The Hall–Kier alpha value is -2.89. The van der Waals surface area contributed by atoms with E-state index in [0.717, 1.165) is 17.2 Å². The largest absolute Gasteiger partial charge is 0.271 e.